The number of hydrogen-bond acceptors (Lipinski definition) is 2. The highest BCUT2D eigenvalue weighted by Crippen LogP contribution is 2.36. The summed E-state index contributed by atoms with van der Waals surface area (Å²) in [5.41, 5.74) is -1.49. The van der Waals surface area contributed by atoms with Crippen molar-refractivity contribution in [3.05, 3.63) is 36.4 Å². The van der Waals surface area contributed by atoms with Crippen LogP contribution in [0.5, 0.6) is 0 Å². The molecule has 0 bridgehead atoms. The molecule has 2 rings (SSSR count). The zero-order chi connectivity index (χ0) is 13.4. The highest BCUT2D eigenvalue weighted by molar-refractivity contribution is 5.98. The molecule has 0 amide bonds. The molecule has 0 unspecified atom stereocenters. The maximum Gasteiger partial charge on any atom is 0.321 e. The number of carbonyl (C=O) groups is 2. The monoisotopic (exact) mass is 250 g/mol. The lowest BCUT2D eigenvalue weighted by atomic mass is 9.74. The van der Waals surface area contributed by atoms with Crippen molar-refractivity contribution in [2.75, 3.05) is 0 Å². The smallest absolute Gasteiger partial charge is 0.321 e. The molecule has 1 fully saturated rings. The van der Waals surface area contributed by atoms with Crippen molar-refractivity contribution in [3.63, 3.8) is 0 Å². The molecule has 18 heavy (non-hydrogen) atoms. The van der Waals surface area contributed by atoms with Crippen LogP contribution in [0.1, 0.15) is 32.1 Å². The van der Waals surface area contributed by atoms with Crippen LogP contribution >= 0.6 is 0 Å². The van der Waals surface area contributed by atoms with E-state index in [9.17, 15) is 9.59 Å². The summed E-state index contributed by atoms with van der Waals surface area (Å²) in [6, 6.07) is 12.0. The minimum Gasteiger partial charge on any atom is -0.480 e. The summed E-state index contributed by atoms with van der Waals surface area (Å²) in [6.07, 6.45) is 2.91. The minimum atomic E-state index is -1.49. The van der Waals surface area contributed by atoms with Crippen molar-refractivity contribution in [2.45, 2.75) is 32.1 Å². The summed E-state index contributed by atoms with van der Waals surface area (Å²) in [4.78, 5) is 21.5. The Morgan fingerprint density at radius 1 is 0.722 bits per heavy atom. The third kappa shape index (κ3) is 3.58. The number of aliphatic carboxylic acids is 2. The molecule has 0 atom stereocenters. The molecular weight excluding hydrogens is 232 g/mol. The molecule has 0 radical (unpaired) electrons. The van der Waals surface area contributed by atoms with Gasteiger partial charge < -0.3 is 10.2 Å². The van der Waals surface area contributed by atoms with Crippen LogP contribution in [0.15, 0.2) is 36.4 Å². The van der Waals surface area contributed by atoms with Gasteiger partial charge in [-0.2, -0.15) is 0 Å². The van der Waals surface area contributed by atoms with Crippen molar-refractivity contribution >= 4 is 11.9 Å². The number of benzene rings is 1. The van der Waals surface area contributed by atoms with Crippen LogP contribution < -0.4 is 0 Å². The molecule has 0 heterocycles. The largest absolute Gasteiger partial charge is 0.480 e. The van der Waals surface area contributed by atoms with Crippen molar-refractivity contribution in [3.8, 4) is 0 Å². The average Bonchev–Trinajstić information content (AvgIpc) is 2.42. The topological polar surface area (TPSA) is 74.6 Å². The maximum absolute atomic E-state index is 10.7. The van der Waals surface area contributed by atoms with E-state index in [1.807, 2.05) is 36.4 Å². The van der Waals surface area contributed by atoms with Gasteiger partial charge in [-0.1, -0.05) is 55.7 Å². The third-order valence-corrected chi connectivity index (χ3v) is 3.19. The van der Waals surface area contributed by atoms with Gasteiger partial charge in [0.2, 0.25) is 0 Å². The zero-order valence-electron chi connectivity index (χ0n) is 10.2. The van der Waals surface area contributed by atoms with Crippen molar-refractivity contribution in [1.82, 2.24) is 0 Å². The van der Waals surface area contributed by atoms with Crippen molar-refractivity contribution in [2.24, 2.45) is 5.41 Å². The molecule has 1 aliphatic rings. The van der Waals surface area contributed by atoms with Gasteiger partial charge in [-0.25, -0.2) is 0 Å². The second-order valence-corrected chi connectivity index (χ2v) is 4.41. The SMILES string of the molecule is O=C(O)C1(C(=O)O)CCCCC1.c1ccccc1. The highest BCUT2D eigenvalue weighted by atomic mass is 16.4. The van der Waals surface area contributed by atoms with E-state index in [0.29, 0.717) is 12.8 Å². The Morgan fingerprint density at radius 3 is 1.28 bits per heavy atom. The van der Waals surface area contributed by atoms with Crippen molar-refractivity contribution < 1.29 is 19.8 Å². The predicted octanol–water partition coefficient (Wildman–Crippen LogP) is 2.79. The number of carboxylic acids is 2. The molecule has 98 valence electrons. The van der Waals surface area contributed by atoms with Gasteiger partial charge in [0.15, 0.2) is 5.41 Å². The molecule has 1 aromatic rings. The quantitative estimate of drug-likeness (QED) is 0.791. The van der Waals surface area contributed by atoms with Crippen molar-refractivity contribution in [1.29, 1.82) is 0 Å². The van der Waals surface area contributed by atoms with E-state index in [2.05, 4.69) is 0 Å². The predicted molar refractivity (Wildman–Crippen MR) is 67.2 cm³/mol. The lowest BCUT2D eigenvalue weighted by molar-refractivity contribution is -0.167. The van der Waals surface area contributed by atoms with E-state index in [1.54, 1.807) is 0 Å². The first kappa shape index (κ1) is 14.2. The highest BCUT2D eigenvalue weighted by Gasteiger charge is 2.46. The Morgan fingerprint density at radius 2 is 1.06 bits per heavy atom. The fourth-order valence-corrected chi connectivity index (χ4v) is 2.06. The second-order valence-electron chi connectivity index (χ2n) is 4.41. The number of carboxylic acid groups (broad SMARTS) is 2. The van der Waals surface area contributed by atoms with Crippen LogP contribution in [0.2, 0.25) is 0 Å². The van der Waals surface area contributed by atoms with Crippen LogP contribution in [-0.4, -0.2) is 22.2 Å². The first-order valence-electron chi connectivity index (χ1n) is 6.06. The normalized spacial score (nSPS) is 17.1. The minimum absolute atomic E-state index is 0.275. The molecule has 4 heteroatoms. The molecule has 2 N–H and O–H groups in total. The van der Waals surface area contributed by atoms with Gasteiger partial charge in [-0.3, -0.25) is 9.59 Å². The summed E-state index contributed by atoms with van der Waals surface area (Å²) in [5.74, 6) is -2.37. The Kier molecular flexibility index (Phi) is 5.36. The van der Waals surface area contributed by atoms with E-state index in [4.69, 9.17) is 10.2 Å². The summed E-state index contributed by atoms with van der Waals surface area (Å²) < 4.78 is 0. The lowest BCUT2D eigenvalue weighted by Crippen LogP contribution is -2.40. The molecule has 4 nitrogen and oxygen atoms in total. The molecule has 1 aromatic carbocycles. The van der Waals surface area contributed by atoms with Crippen LogP contribution in [0, 0.1) is 5.41 Å². The summed E-state index contributed by atoms with van der Waals surface area (Å²) >= 11 is 0. The van der Waals surface area contributed by atoms with Crippen LogP contribution in [0.25, 0.3) is 0 Å². The Balaban J connectivity index is 0.000000225. The Bertz CT molecular complexity index is 337. The van der Waals surface area contributed by atoms with Crippen LogP contribution in [0.4, 0.5) is 0 Å². The zero-order valence-corrected chi connectivity index (χ0v) is 10.2. The summed E-state index contributed by atoms with van der Waals surface area (Å²) in [7, 11) is 0. The molecule has 0 aliphatic heterocycles. The molecule has 1 saturated carbocycles. The molecule has 1 aliphatic carbocycles. The van der Waals surface area contributed by atoms with E-state index in [-0.39, 0.29) is 12.8 Å². The average molecular weight is 250 g/mol. The van der Waals surface area contributed by atoms with Gasteiger partial charge in [0.05, 0.1) is 0 Å². The fraction of sp³-hybridized carbons (Fsp3) is 0.429. The maximum atomic E-state index is 10.7. The molecular formula is C14H18O4. The second kappa shape index (κ2) is 6.79. The molecule has 0 saturated heterocycles. The first-order valence-corrected chi connectivity index (χ1v) is 6.06. The number of hydrogen-bond donors (Lipinski definition) is 2. The van der Waals surface area contributed by atoms with Gasteiger partial charge in [-0.15, -0.1) is 0 Å². The van der Waals surface area contributed by atoms with Gasteiger partial charge in [0.1, 0.15) is 0 Å². The lowest BCUT2D eigenvalue weighted by Gasteiger charge is -2.28. The number of rotatable bonds is 2. The van der Waals surface area contributed by atoms with E-state index >= 15 is 0 Å². The van der Waals surface area contributed by atoms with E-state index in [0.717, 1.165) is 6.42 Å². The van der Waals surface area contributed by atoms with Gasteiger partial charge in [0.25, 0.3) is 0 Å². The Labute approximate surface area is 106 Å². The van der Waals surface area contributed by atoms with Crippen LogP contribution in [0.3, 0.4) is 0 Å². The summed E-state index contributed by atoms with van der Waals surface area (Å²) in [6.45, 7) is 0. The Hall–Kier alpha value is -1.84. The molecule has 0 aromatic heterocycles. The van der Waals surface area contributed by atoms with Crippen LogP contribution in [-0.2, 0) is 9.59 Å². The summed E-state index contributed by atoms with van der Waals surface area (Å²) in [5, 5.41) is 17.6. The standard InChI is InChI=1S/C8H12O4.C6H6/c9-6(10)8(7(11)12)4-2-1-3-5-8;1-2-4-6-5-3-1/h1-5H2,(H,9,10)(H,11,12);1-6H. The fourth-order valence-electron chi connectivity index (χ4n) is 2.06. The van der Waals surface area contributed by atoms with Gasteiger partial charge in [-0.05, 0) is 12.8 Å². The van der Waals surface area contributed by atoms with Gasteiger partial charge >= 0.3 is 11.9 Å². The van der Waals surface area contributed by atoms with E-state index < -0.39 is 17.4 Å². The van der Waals surface area contributed by atoms with E-state index in [1.165, 1.54) is 0 Å². The first-order chi connectivity index (χ1) is 8.59. The third-order valence-electron chi connectivity index (χ3n) is 3.19. The molecule has 0 spiro atoms. The van der Waals surface area contributed by atoms with Gasteiger partial charge in [0, 0.05) is 0 Å².